The predicted octanol–water partition coefficient (Wildman–Crippen LogP) is 3.70. The summed E-state index contributed by atoms with van der Waals surface area (Å²) in [6.45, 7) is 11.6. The largest absolute Gasteiger partial charge is 0.497 e. The number of amides is 1. The van der Waals surface area contributed by atoms with Gasteiger partial charge in [-0.25, -0.2) is 0 Å². The molecule has 4 heteroatoms. The third-order valence-electron chi connectivity index (χ3n) is 5.24. The van der Waals surface area contributed by atoms with E-state index < -0.39 is 0 Å². The van der Waals surface area contributed by atoms with Gasteiger partial charge in [0.15, 0.2) is 0 Å². The number of hydrogen-bond donors (Lipinski definition) is 1. The van der Waals surface area contributed by atoms with Crippen LogP contribution in [0.25, 0.3) is 0 Å². The Morgan fingerprint density at radius 3 is 2.40 bits per heavy atom. The minimum atomic E-state index is 0.154. The smallest absolute Gasteiger partial charge is 0.223 e. The van der Waals surface area contributed by atoms with E-state index in [4.69, 9.17) is 4.74 Å². The third-order valence-corrected chi connectivity index (χ3v) is 5.24. The lowest BCUT2D eigenvalue weighted by molar-refractivity contribution is -0.127. The van der Waals surface area contributed by atoms with Crippen LogP contribution in [0.1, 0.15) is 46.1 Å². The summed E-state index contributed by atoms with van der Waals surface area (Å²) >= 11 is 0. The molecule has 1 aliphatic heterocycles. The Kier molecular flexibility index (Phi) is 7.30. The van der Waals surface area contributed by atoms with E-state index in [-0.39, 0.29) is 17.9 Å². The van der Waals surface area contributed by atoms with Crippen LogP contribution in [0, 0.1) is 17.8 Å². The lowest BCUT2D eigenvalue weighted by Gasteiger charge is -2.33. The van der Waals surface area contributed by atoms with E-state index in [1.54, 1.807) is 7.11 Å². The van der Waals surface area contributed by atoms with Crippen molar-refractivity contribution in [1.82, 2.24) is 10.2 Å². The molecular weight excluding hydrogens is 312 g/mol. The van der Waals surface area contributed by atoms with Crippen molar-refractivity contribution in [3.63, 3.8) is 0 Å². The molecule has 0 unspecified atom stereocenters. The van der Waals surface area contributed by atoms with E-state index in [0.29, 0.717) is 11.8 Å². The average Bonchev–Trinajstić information content (AvgIpc) is 2.59. The highest BCUT2D eigenvalue weighted by molar-refractivity contribution is 5.79. The zero-order valence-electron chi connectivity index (χ0n) is 16.4. The second kappa shape index (κ2) is 9.23. The number of nitrogens with one attached hydrogen (secondary N) is 1. The maximum atomic E-state index is 12.6. The molecule has 0 aromatic heterocycles. The maximum Gasteiger partial charge on any atom is 0.223 e. The molecule has 0 spiro atoms. The quantitative estimate of drug-likeness (QED) is 0.818. The Bertz CT molecular complexity index is 541. The van der Waals surface area contributed by atoms with Gasteiger partial charge in [-0.15, -0.1) is 0 Å². The van der Waals surface area contributed by atoms with Gasteiger partial charge in [-0.05, 0) is 55.5 Å². The molecule has 140 valence electrons. The minimum Gasteiger partial charge on any atom is -0.497 e. The molecule has 0 bridgehead atoms. The molecular formula is C21H34N2O2. The summed E-state index contributed by atoms with van der Waals surface area (Å²) in [6, 6.07) is 8.50. The zero-order chi connectivity index (χ0) is 18.4. The van der Waals surface area contributed by atoms with Crippen LogP contribution in [0.4, 0.5) is 0 Å². The van der Waals surface area contributed by atoms with Gasteiger partial charge < -0.3 is 10.1 Å². The molecule has 0 radical (unpaired) electrons. The van der Waals surface area contributed by atoms with Crippen LogP contribution < -0.4 is 10.1 Å². The van der Waals surface area contributed by atoms with Gasteiger partial charge in [0.05, 0.1) is 7.11 Å². The second-order valence-electron chi connectivity index (χ2n) is 7.92. The van der Waals surface area contributed by atoms with Crippen LogP contribution in [0.3, 0.4) is 0 Å². The number of piperidine rings is 1. The summed E-state index contributed by atoms with van der Waals surface area (Å²) in [5.74, 6) is 2.24. The first-order valence-corrected chi connectivity index (χ1v) is 9.56. The van der Waals surface area contributed by atoms with Gasteiger partial charge in [0, 0.05) is 18.5 Å². The standard InChI is InChI=1S/C21H34N2O2/c1-15(2)20(16(3)4)22-21(24)18-9-11-23(12-10-18)14-17-7-6-8-19(13-17)25-5/h6-8,13,15-16,18,20H,9-12,14H2,1-5H3,(H,22,24). The van der Waals surface area contributed by atoms with Gasteiger partial charge in [-0.2, -0.15) is 0 Å². The van der Waals surface area contributed by atoms with Crippen LogP contribution in [0.2, 0.25) is 0 Å². The SMILES string of the molecule is COc1cccc(CN2CCC(C(=O)NC(C(C)C)C(C)C)CC2)c1. The average molecular weight is 347 g/mol. The van der Waals surface area contributed by atoms with Crippen molar-refractivity contribution in [1.29, 1.82) is 0 Å². The monoisotopic (exact) mass is 346 g/mol. The molecule has 1 fully saturated rings. The third kappa shape index (κ3) is 5.74. The molecule has 1 amide bonds. The number of nitrogens with zero attached hydrogens (tertiary/aromatic N) is 1. The first kappa shape index (κ1) is 19.8. The molecule has 0 atom stereocenters. The zero-order valence-corrected chi connectivity index (χ0v) is 16.4. The number of ether oxygens (including phenoxy) is 1. The molecule has 4 nitrogen and oxygen atoms in total. The highest BCUT2D eigenvalue weighted by Gasteiger charge is 2.28. The van der Waals surface area contributed by atoms with Gasteiger partial charge in [0.2, 0.25) is 5.91 Å². The summed E-state index contributed by atoms with van der Waals surface area (Å²) in [4.78, 5) is 15.1. The predicted molar refractivity (Wildman–Crippen MR) is 103 cm³/mol. The lowest BCUT2D eigenvalue weighted by Crippen LogP contribution is -2.47. The van der Waals surface area contributed by atoms with Gasteiger partial charge in [0.25, 0.3) is 0 Å². The summed E-state index contributed by atoms with van der Waals surface area (Å²) < 4.78 is 5.30. The Morgan fingerprint density at radius 2 is 1.84 bits per heavy atom. The topological polar surface area (TPSA) is 41.6 Å². The van der Waals surface area contributed by atoms with Crippen molar-refractivity contribution >= 4 is 5.91 Å². The second-order valence-corrected chi connectivity index (χ2v) is 7.92. The summed E-state index contributed by atoms with van der Waals surface area (Å²) in [6.07, 6.45) is 1.89. The molecule has 1 saturated heterocycles. The van der Waals surface area contributed by atoms with Crippen LogP contribution in [0.15, 0.2) is 24.3 Å². The normalized spacial score (nSPS) is 16.6. The van der Waals surface area contributed by atoms with Crippen LogP contribution in [-0.4, -0.2) is 37.0 Å². The van der Waals surface area contributed by atoms with Crippen molar-refractivity contribution in [2.45, 2.75) is 53.1 Å². The maximum absolute atomic E-state index is 12.6. The molecule has 0 saturated carbocycles. The molecule has 1 aliphatic rings. The van der Waals surface area contributed by atoms with E-state index in [9.17, 15) is 4.79 Å². The Morgan fingerprint density at radius 1 is 1.20 bits per heavy atom. The van der Waals surface area contributed by atoms with E-state index in [0.717, 1.165) is 38.2 Å². The van der Waals surface area contributed by atoms with E-state index >= 15 is 0 Å². The number of benzene rings is 1. The van der Waals surface area contributed by atoms with E-state index in [1.165, 1.54) is 5.56 Å². The number of hydrogen-bond acceptors (Lipinski definition) is 3. The Balaban J connectivity index is 1.83. The molecule has 0 aliphatic carbocycles. The van der Waals surface area contributed by atoms with Crippen LogP contribution in [0.5, 0.6) is 5.75 Å². The van der Waals surface area contributed by atoms with E-state index in [2.05, 4.69) is 50.0 Å². The molecule has 2 rings (SSSR count). The summed E-state index contributed by atoms with van der Waals surface area (Å²) in [5, 5.41) is 3.29. The summed E-state index contributed by atoms with van der Waals surface area (Å²) in [7, 11) is 1.70. The van der Waals surface area contributed by atoms with E-state index in [1.807, 2.05) is 12.1 Å². The van der Waals surface area contributed by atoms with Gasteiger partial charge in [-0.3, -0.25) is 9.69 Å². The van der Waals surface area contributed by atoms with Crippen molar-refractivity contribution in [3.05, 3.63) is 29.8 Å². The minimum absolute atomic E-state index is 0.154. The fourth-order valence-electron chi connectivity index (χ4n) is 3.77. The molecule has 1 heterocycles. The molecule has 25 heavy (non-hydrogen) atoms. The fraction of sp³-hybridized carbons (Fsp3) is 0.667. The van der Waals surface area contributed by atoms with Crippen molar-refractivity contribution < 1.29 is 9.53 Å². The van der Waals surface area contributed by atoms with Crippen molar-refractivity contribution in [2.24, 2.45) is 17.8 Å². The first-order valence-electron chi connectivity index (χ1n) is 9.56. The van der Waals surface area contributed by atoms with Crippen LogP contribution >= 0.6 is 0 Å². The fourth-order valence-corrected chi connectivity index (χ4v) is 3.77. The number of methoxy groups -OCH3 is 1. The molecule has 1 aromatic carbocycles. The highest BCUT2D eigenvalue weighted by atomic mass is 16.5. The Hall–Kier alpha value is -1.55. The Labute approximate surface area is 152 Å². The number of rotatable bonds is 7. The van der Waals surface area contributed by atoms with Crippen LogP contribution in [-0.2, 0) is 11.3 Å². The first-order chi connectivity index (χ1) is 11.9. The van der Waals surface area contributed by atoms with Gasteiger partial charge >= 0.3 is 0 Å². The lowest BCUT2D eigenvalue weighted by atomic mass is 9.90. The van der Waals surface area contributed by atoms with Crippen molar-refractivity contribution in [3.8, 4) is 5.75 Å². The number of likely N-dealkylation sites (tertiary alicyclic amines) is 1. The highest BCUT2D eigenvalue weighted by Crippen LogP contribution is 2.22. The van der Waals surface area contributed by atoms with Gasteiger partial charge in [0.1, 0.15) is 5.75 Å². The molecule has 1 aromatic rings. The molecule has 1 N–H and O–H groups in total. The van der Waals surface area contributed by atoms with Crippen molar-refractivity contribution in [2.75, 3.05) is 20.2 Å². The number of carbonyl (C=O) groups excluding carboxylic acids is 1. The van der Waals surface area contributed by atoms with Gasteiger partial charge in [-0.1, -0.05) is 39.8 Å². The number of carbonyl (C=O) groups is 1. The summed E-state index contributed by atoms with van der Waals surface area (Å²) in [5.41, 5.74) is 1.27.